The molecule has 0 saturated heterocycles. The lowest BCUT2D eigenvalue weighted by atomic mass is 9.93. The molecule has 2 atom stereocenters. The molecule has 1 aliphatic carbocycles. The summed E-state index contributed by atoms with van der Waals surface area (Å²) in [6.45, 7) is 0. The summed E-state index contributed by atoms with van der Waals surface area (Å²) < 4.78 is 23.5. The highest BCUT2D eigenvalue weighted by atomic mass is 32.2. The third-order valence-corrected chi connectivity index (χ3v) is 5.96. The summed E-state index contributed by atoms with van der Waals surface area (Å²) in [6.07, 6.45) is 4.68. The third-order valence-electron chi connectivity index (χ3n) is 4.32. The summed E-state index contributed by atoms with van der Waals surface area (Å²) in [6, 6.07) is 7.74. The molecule has 2 unspecified atom stereocenters. The number of amidine groups is 1. The highest BCUT2D eigenvalue weighted by Gasteiger charge is 2.30. The van der Waals surface area contributed by atoms with Crippen LogP contribution in [0.5, 0.6) is 0 Å². The van der Waals surface area contributed by atoms with E-state index >= 15 is 0 Å². The van der Waals surface area contributed by atoms with Crippen molar-refractivity contribution in [3.63, 3.8) is 0 Å². The number of nitrogen functional groups attached to an aromatic ring is 1. The molecule has 6 heteroatoms. The minimum absolute atomic E-state index is 0.0444. The molecule has 0 heterocycles. The molecule has 21 heavy (non-hydrogen) atoms. The largest absolute Gasteiger partial charge is 0.384 e. The molecule has 1 saturated carbocycles. The Labute approximate surface area is 126 Å². The molecule has 2 rings (SSSR count). The highest BCUT2D eigenvalue weighted by molar-refractivity contribution is 7.91. The van der Waals surface area contributed by atoms with Crippen molar-refractivity contribution >= 4 is 21.4 Å². The molecule has 0 radical (unpaired) electrons. The first kappa shape index (κ1) is 15.8. The molecule has 0 spiro atoms. The van der Waals surface area contributed by atoms with Crippen molar-refractivity contribution in [3.8, 4) is 0 Å². The van der Waals surface area contributed by atoms with Gasteiger partial charge in [0.15, 0.2) is 0 Å². The fourth-order valence-corrected chi connectivity index (χ4v) is 4.13. The van der Waals surface area contributed by atoms with Crippen molar-refractivity contribution in [3.05, 3.63) is 29.8 Å². The van der Waals surface area contributed by atoms with Crippen LogP contribution in [-0.4, -0.2) is 38.8 Å². The quantitative estimate of drug-likeness (QED) is 0.655. The Hall–Kier alpha value is -1.56. The van der Waals surface area contributed by atoms with E-state index in [-0.39, 0.29) is 17.1 Å². The van der Waals surface area contributed by atoms with Gasteiger partial charge in [-0.1, -0.05) is 18.6 Å². The first-order valence-electron chi connectivity index (χ1n) is 7.15. The predicted octanol–water partition coefficient (Wildman–Crippen LogP) is 1.76. The van der Waals surface area contributed by atoms with Crippen LogP contribution in [0.2, 0.25) is 0 Å². The minimum Gasteiger partial charge on any atom is -0.384 e. The van der Waals surface area contributed by atoms with Crippen LogP contribution in [0.4, 0.5) is 5.69 Å². The SMILES string of the molecule is CN(c1cccc(C(=N)N)c1)C1CCCC(S(C)(=O)=O)C1. The molecule has 0 aromatic heterocycles. The van der Waals surface area contributed by atoms with Gasteiger partial charge >= 0.3 is 0 Å². The van der Waals surface area contributed by atoms with E-state index in [4.69, 9.17) is 11.1 Å². The summed E-state index contributed by atoms with van der Waals surface area (Å²) in [5.74, 6) is 0.0444. The van der Waals surface area contributed by atoms with Crippen molar-refractivity contribution in [2.45, 2.75) is 37.0 Å². The number of benzene rings is 1. The maximum absolute atomic E-state index is 11.8. The Morgan fingerprint density at radius 2 is 2.10 bits per heavy atom. The number of nitrogens with zero attached hydrogens (tertiary/aromatic N) is 1. The van der Waals surface area contributed by atoms with E-state index in [0.717, 1.165) is 24.9 Å². The van der Waals surface area contributed by atoms with Crippen molar-refractivity contribution in [2.75, 3.05) is 18.2 Å². The maximum atomic E-state index is 11.8. The van der Waals surface area contributed by atoms with Crippen LogP contribution in [0.25, 0.3) is 0 Å². The topological polar surface area (TPSA) is 87.2 Å². The number of hydrogen-bond acceptors (Lipinski definition) is 4. The Bertz CT molecular complexity index is 628. The monoisotopic (exact) mass is 309 g/mol. The van der Waals surface area contributed by atoms with Crippen LogP contribution in [0.15, 0.2) is 24.3 Å². The molecule has 1 aliphatic rings. The van der Waals surface area contributed by atoms with Gasteiger partial charge in [-0.15, -0.1) is 0 Å². The normalized spacial score (nSPS) is 22.8. The highest BCUT2D eigenvalue weighted by Crippen LogP contribution is 2.29. The molecule has 1 aromatic rings. The minimum atomic E-state index is -2.98. The summed E-state index contributed by atoms with van der Waals surface area (Å²) in [7, 11) is -0.996. The van der Waals surface area contributed by atoms with Gasteiger partial charge in [-0.2, -0.15) is 0 Å². The number of nitrogens with two attached hydrogens (primary N) is 1. The molecule has 5 nitrogen and oxygen atoms in total. The van der Waals surface area contributed by atoms with Gasteiger partial charge in [0.1, 0.15) is 15.7 Å². The number of sulfone groups is 1. The first-order chi connectivity index (χ1) is 9.79. The summed E-state index contributed by atoms with van der Waals surface area (Å²) >= 11 is 0. The molecular formula is C15H23N3O2S. The molecule has 0 bridgehead atoms. The van der Waals surface area contributed by atoms with Crippen LogP contribution >= 0.6 is 0 Å². The molecular weight excluding hydrogens is 286 g/mol. The van der Waals surface area contributed by atoms with Crippen LogP contribution in [0.3, 0.4) is 0 Å². The van der Waals surface area contributed by atoms with E-state index in [1.54, 1.807) is 6.07 Å². The second kappa shape index (κ2) is 6.05. The fraction of sp³-hybridized carbons (Fsp3) is 0.533. The van der Waals surface area contributed by atoms with Crippen molar-refractivity contribution < 1.29 is 8.42 Å². The molecule has 1 aromatic carbocycles. The Balaban J connectivity index is 2.17. The predicted molar refractivity (Wildman–Crippen MR) is 86.7 cm³/mol. The molecule has 1 fully saturated rings. The lowest BCUT2D eigenvalue weighted by Crippen LogP contribution is -2.40. The number of nitrogens with one attached hydrogen (secondary N) is 1. The molecule has 0 aliphatic heterocycles. The number of anilines is 1. The Morgan fingerprint density at radius 3 is 2.71 bits per heavy atom. The first-order valence-corrected chi connectivity index (χ1v) is 9.10. The fourth-order valence-electron chi connectivity index (χ4n) is 2.96. The zero-order valence-electron chi connectivity index (χ0n) is 12.5. The van der Waals surface area contributed by atoms with Gasteiger partial charge in [0.2, 0.25) is 0 Å². The van der Waals surface area contributed by atoms with E-state index in [9.17, 15) is 8.42 Å². The van der Waals surface area contributed by atoms with Crippen molar-refractivity contribution in [1.82, 2.24) is 0 Å². The summed E-state index contributed by atoms with van der Waals surface area (Å²) in [5, 5.41) is 7.27. The van der Waals surface area contributed by atoms with E-state index < -0.39 is 9.84 Å². The van der Waals surface area contributed by atoms with E-state index in [1.165, 1.54) is 6.26 Å². The van der Waals surface area contributed by atoms with E-state index in [0.29, 0.717) is 12.0 Å². The van der Waals surface area contributed by atoms with Crippen LogP contribution < -0.4 is 10.6 Å². The van der Waals surface area contributed by atoms with Gasteiger partial charge in [0.05, 0.1) is 5.25 Å². The van der Waals surface area contributed by atoms with Gasteiger partial charge in [0.25, 0.3) is 0 Å². The second-order valence-electron chi connectivity index (χ2n) is 5.85. The van der Waals surface area contributed by atoms with Gasteiger partial charge in [-0.25, -0.2) is 8.42 Å². The van der Waals surface area contributed by atoms with Gasteiger partial charge in [-0.05, 0) is 31.4 Å². The van der Waals surface area contributed by atoms with Crippen LogP contribution in [0, 0.1) is 5.41 Å². The smallest absolute Gasteiger partial charge is 0.150 e. The van der Waals surface area contributed by atoms with E-state index in [1.807, 2.05) is 25.2 Å². The van der Waals surface area contributed by atoms with Crippen molar-refractivity contribution in [2.24, 2.45) is 5.73 Å². The summed E-state index contributed by atoms with van der Waals surface area (Å²) in [4.78, 5) is 2.11. The zero-order chi connectivity index (χ0) is 15.6. The van der Waals surface area contributed by atoms with Gasteiger partial charge in [-0.3, -0.25) is 5.41 Å². The Morgan fingerprint density at radius 1 is 1.38 bits per heavy atom. The molecule has 116 valence electrons. The standard InChI is InChI=1S/C15H23N3O2S/c1-18(12-6-3-5-11(9-12)15(16)17)13-7-4-8-14(10-13)21(2,19)20/h3,5-6,9,13-14H,4,7-8,10H2,1-2H3,(H3,16,17). The lowest BCUT2D eigenvalue weighted by Gasteiger charge is -2.36. The Kier molecular flexibility index (Phi) is 4.56. The molecule has 3 N–H and O–H groups in total. The van der Waals surface area contributed by atoms with Crippen LogP contribution in [0.1, 0.15) is 31.2 Å². The number of rotatable bonds is 4. The van der Waals surface area contributed by atoms with E-state index in [2.05, 4.69) is 4.90 Å². The lowest BCUT2D eigenvalue weighted by molar-refractivity contribution is 0.422. The van der Waals surface area contributed by atoms with Crippen molar-refractivity contribution in [1.29, 1.82) is 5.41 Å². The maximum Gasteiger partial charge on any atom is 0.150 e. The van der Waals surface area contributed by atoms with Gasteiger partial charge < -0.3 is 10.6 Å². The zero-order valence-corrected chi connectivity index (χ0v) is 13.4. The average molecular weight is 309 g/mol. The average Bonchev–Trinajstić information content (AvgIpc) is 2.46. The van der Waals surface area contributed by atoms with Gasteiger partial charge in [0, 0.05) is 30.6 Å². The number of hydrogen-bond donors (Lipinski definition) is 2. The molecule has 0 amide bonds. The second-order valence-corrected chi connectivity index (χ2v) is 8.17. The summed E-state index contributed by atoms with van der Waals surface area (Å²) in [5.41, 5.74) is 7.19. The van der Waals surface area contributed by atoms with Crippen LogP contribution in [-0.2, 0) is 9.84 Å². The third kappa shape index (κ3) is 3.75.